The highest BCUT2D eigenvalue weighted by Crippen LogP contribution is 2.10. The van der Waals surface area contributed by atoms with Crippen molar-refractivity contribution in [2.45, 2.75) is 84.6 Å². The largest absolute Gasteiger partial charge is 1.00 e. The third-order valence-electron chi connectivity index (χ3n) is 4.31. The fourth-order valence-corrected chi connectivity index (χ4v) is 2.87. The van der Waals surface area contributed by atoms with Crippen molar-refractivity contribution in [3.8, 4) is 0 Å². The highest BCUT2D eigenvalue weighted by atomic mass is 79.9. The standard InChI is InChI=1S/C21H34NO.BrH/c1-4-5-6-7-8-9-10-11-12-14-17-22-18-15-13-16-20(22)21(23)19(2)3;/h13,15-16,18H,2,4-12,14,17H2,1,3H3;1H/q+1;/p-1. The van der Waals surface area contributed by atoms with E-state index in [9.17, 15) is 4.79 Å². The lowest BCUT2D eigenvalue weighted by atomic mass is 10.1. The van der Waals surface area contributed by atoms with Gasteiger partial charge < -0.3 is 17.0 Å². The lowest BCUT2D eigenvalue weighted by Crippen LogP contribution is -3.00. The Morgan fingerprint density at radius 3 is 2.04 bits per heavy atom. The number of aryl methyl sites for hydroxylation is 1. The van der Waals surface area contributed by atoms with Crippen LogP contribution in [0.1, 0.15) is 88.5 Å². The van der Waals surface area contributed by atoms with E-state index in [1.807, 2.05) is 24.4 Å². The molecule has 0 aliphatic heterocycles. The Morgan fingerprint density at radius 1 is 0.958 bits per heavy atom. The summed E-state index contributed by atoms with van der Waals surface area (Å²) >= 11 is 0. The first-order chi connectivity index (χ1) is 11.2. The van der Waals surface area contributed by atoms with Crippen LogP contribution in [0.4, 0.5) is 0 Å². The van der Waals surface area contributed by atoms with Gasteiger partial charge in [0.25, 0.3) is 11.5 Å². The van der Waals surface area contributed by atoms with Gasteiger partial charge in [0.1, 0.15) is 6.54 Å². The average molecular weight is 396 g/mol. The number of pyridine rings is 1. The molecule has 2 nitrogen and oxygen atoms in total. The zero-order valence-electron chi connectivity index (χ0n) is 15.5. The number of rotatable bonds is 13. The number of hydrogen-bond donors (Lipinski definition) is 0. The van der Waals surface area contributed by atoms with Gasteiger partial charge in [-0.15, -0.1) is 0 Å². The number of carbonyl (C=O) groups is 1. The van der Waals surface area contributed by atoms with Gasteiger partial charge in [0.05, 0.1) is 0 Å². The number of Topliss-reactive ketones (excluding diaryl/α,β-unsaturated/α-hetero) is 1. The predicted molar refractivity (Wildman–Crippen MR) is 97.6 cm³/mol. The molecule has 3 heteroatoms. The molecule has 0 fully saturated rings. The molecule has 0 atom stereocenters. The van der Waals surface area contributed by atoms with Crippen LogP contribution in [0.3, 0.4) is 0 Å². The van der Waals surface area contributed by atoms with Crippen LogP contribution >= 0.6 is 0 Å². The van der Waals surface area contributed by atoms with E-state index in [1.165, 1.54) is 57.8 Å². The molecule has 0 bridgehead atoms. The van der Waals surface area contributed by atoms with Gasteiger partial charge in [0.15, 0.2) is 6.20 Å². The molecule has 1 aromatic heterocycles. The second kappa shape index (κ2) is 14.4. The summed E-state index contributed by atoms with van der Waals surface area (Å²) < 4.78 is 2.07. The first-order valence-corrected chi connectivity index (χ1v) is 9.35. The summed E-state index contributed by atoms with van der Waals surface area (Å²) in [7, 11) is 0. The van der Waals surface area contributed by atoms with E-state index in [-0.39, 0.29) is 22.8 Å². The van der Waals surface area contributed by atoms with Crippen LogP contribution in [0.5, 0.6) is 0 Å². The van der Waals surface area contributed by atoms with Gasteiger partial charge >= 0.3 is 0 Å². The van der Waals surface area contributed by atoms with Crippen molar-refractivity contribution in [2.75, 3.05) is 0 Å². The van der Waals surface area contributed by atoms with Gasteiger partial charge in [-0.2, -0.15) is 4.57 Å². The van der Waals surface area contributed by atoms with Crippen molar-refractivity contribution < 1.29 is 26.3 Å². The van der Waals surface area contributed by atoms with Crippen molar-refractivity contribution in [2.24, 2.45) is 0 Å². The van der Waals surface area contributed by atoms with Gasteiger partial charge in [-0.1, -0.05) is 64.9 Å². The number of allylic oxidation sites excluding steroid dienone is 1. The number of aromatic nitrogens is 1. The van der Waals surface area contributed by atoms with E-state index in [1.54, 1.807) is 6.92 Å². The number of ketones is 1. The first-order valence-electron chi connectivity index (χ1n) is 9.35. The van der Waals surface area contributed by atoms with Crippen molar-refractivity contribution in [3.05, 3.63) is 42.2 Å². The molecule has 1 aromatic rings. The quantitative estimate of drug-likeness (QED) is 0.217. The Labute approximate surface area is 159 Å². The molecule has 0 N–H and O–H groups in total. The average Bonchev–Trinajstić information content (AvgIpc) is 2.56. The van der Waals surface area contributed by atoms with Crippen LogP contribution in [-0.2, 0) is 6.54 Å². The normalized spacial score (nSPS) is 10.2. The van der Waals surface area contributed by atoms with Crippen molar-refractivity contribution in [1.29, 1.82) is 0 Å². The maximum absolute atomic E-state index is 12.1. The first kappa shape index (κ1) is 23.0. The number of halogens is 1. The minimum Gasteiger partial charge on any atom is -1.00 e. The second-order valence-electron chi connectivity index (χ2n) is 6.57. The summed E-state index contributed by atoms with van der Waals surface area (Å²) in [5.74, 6) is 0.0534. The molecule has 0 amide bonds. The van der Waals surface area contributed by atoms with Crippen molar-refractivity contribution in [1.82, 2.24) is 0 Å². The SMILES string of the molecule is C=C(C)C(=O)c1cccc[n+]1CCCCCCCCCCCC.[Br-]. The summed E-state index contributed by atoms with van der Waals surface area (Å²) in [6, 6.07) is 5.81. The van der Waals surface area contributed by atoms with E-state index in [2.05, 4.69) is 18.1 Å². The Bertz CT molecular complexity index is 484. The van der Waals surface area contributed by atoms with Crippen LogP contribution in [0.15, 0.2) is 36.5 Å². The zero-order chi connectivity index (χ0) is 16.9. The molecule has 0 spiro atoms. The highest BCUT2D eigenvalue weighted by molar-refractivity contribution is 6.05. The van der Waals surface area contributed by atoms with Gasteiger partial charge in [0, 0.05) is 18.6 Å². The molecule has 0 aliphatic rings. The highest BCUT2D eigenvalue weighted by Gasteiger charge is 2.18. The van der Waals surface area contributed by atoms with Gasteiger partial charge in [-0.05, 0) is 25.0 Å². The molecule has 24 heavy (non-hydrogen) atoms. The van der Waals surface area contributed by atoms with Crippen LogP contribution in [0.25, 0.3) is 0 Å². The molecule has 1 heterocycles. The Balaban J connectivity index is 0.00000529. The van der Waals surface area contributed by atoms with Gasteiger partial charge in [0.2, 0.25) is 0 Å². The maximum atomic E-state index is 12.1. The van der Waals surface area contributed by atoms with Crippen LogP contribution < -0.4 is 21.5 Å². The van der Waals surface area contributed by atoms with Gasteiger partial charge in [-0.3, -0.25) is 4.79 Å². The molecular weight excluding hydrogens is 362 g/mol. The molecule has 1 rings (SSSR count). The summed E-state index contributed by atoms with van der Waals surface area (Å²) in [5, 5.41) is 0. The van der Waals surface area contributed by atoms with E-state index < -0.39 is 0 Å². The van der Waals surface area contributed by atoms with E-state index in [0.717, 1.165) is 18.7 Å². The molecule has 136 valence electrons. The van der Waals surface area contributed by atoms with E-state index >= 15 is 0 Å². The third-order valence-corrected chi connectivity index (χ3v) is 4.31. The van der Waals surface area contributed by atoms with E-state index in [4.69, 9.17) is 0 Å². The van der Waals surface area contributed by atoms with Crippen LogP contribution in [0, 0.1) is 0 Å². The summed E-state index contributed by atoms with van der Waals surface area (Å²) in [6.07, 6.45) is 15.3. The Kier molecular flexibility index (Phi) is 13.8. The molecule has 0 saturated heterocycles. The van der Waals surface area contributed by atoms with Crippen molar-refractivity contribution in [3.63, 3.8) is 0 Å². The molecule has 0 unspecified atom stereocenters. The third kappa shape index (κ3) is 9.36. The van der Waals surface area contributed by atoms with E-state index in [0.29, 0.717) is 5.57 Å². The summed E-state index contributed by atoms with van der Waals surface area (Å²) in [4.78, 5) is 12.1. The Morgan fingerprint density at radius 2 is 1.50 bits per heavy atom. The second-order valence-corrected chi connectivity index (χ2v) is 6.57. The Hall–Kier alpha value is -0.960. The summed E-state index contributed by atoms with van der Waals surface area (Å²) in [6.45, 7) is 8.73. The minimum atomic E-state index is 0. The number of carbonyl (C=O) groups excluding carboxylic acids is 1. The molecule has 0 saturated carbocycles. The monoisotopic (exact) mass is 395 g/mol. The molecular formula is C21H34BrNO. The topological polar surface area (TPSA) is 20.9 Å². The lowest BCUT2D eigenvalue weighted by molar-refractivity contribution is -0.699. The smallest absolute Gasteiger partial charge is 0.253 e. The number of hydrogen-bond acceptors (Lipinski definition) is 1. The summed E-state index contributed by atoms with van der Waals surface area (Å²) in [5.41, 5.74) is 1.36. The van der Waals surface area contributed by atoms with Crippen LogP contribution in [0.2, 0.25) is 0 Å². The zero-order valence-corrected chi connectivity index (χ0v) is 17.1. The van der Waals surface area contributed by atoms with Gasteiger partial charge in [-0.25, -0.2) is 0 Å². The molecule has 0 radical (unpaired) electrons. The molecule has 0 aromatic carbocycles. The molecule has 0 aliphatic carbocycles. The lowest BCUT2D eigenvalue weighted by Gasteiger charge is -2.04. The maximum Gasteiger partial charge on any atom is 0.253 e. The number of nitrogens with zero attached hydrogens (tertiary/aromatic N) is 1. The predicted octanol–water partition coefficient (Wildman–Crippen LogP) is 2.66. The fraction of sp³-hybridized carbons (Fsp3) is 0.619. The van der Waals surface area contributed by atoms with Crippen molar-refractivity contribution >= 4 is 5.78 Å². The van der Waals surface area contributed by atoms with Crippen LogP contribution in [-0.4, -0.2) is 5.78 Å². The fourth-order valence-electron chi connectivity index (χ4n) is 2.87. The minimum absolute atomic E-state index is 0. The number of unbranched alkanes of at least 4 members (excludes halogenated alkanes) is 9.